The average Bonchev–Trinajstić information content (AvgIpc) is 2.40. The molecule has 0 aromatic heterocycles. The van der Waals surface area contributed by atoms with Gasteiger partial charge in [-0.15, -0.1) is 0 Å². The van der Waals surface area contributed by atoms with Crippen molar-refractivity contribution in [3.8, 4) is 0 Å². The number of ether oxygens (including phenoxy) is 1. The number of hydrogen-bond donors (Lipinski definition) is 0. The van der Waals surface area contributed by atoms with Gasteiger partial charge in [0.05, 0.1) is 34.3 Å². The van der Waals surface area contributed by atoms with E-state index in [0.29, 0.717) is 13.2 Å². The lowest BCUT2D eigenvalue weighted by atomic mass is 10.1. The molecular formula is C13H15ClN2O4. The molecule has 0 radical (unpaired) electrons. The number of nitro groups is 1. The van der Waals surface area contributed by atoms with Crippen LogP contribution < -0.4 is 0 Å². The molecule has 0 aliphatic carbocycles. The number of nitro benzene ring substituents is 1. The van der Waals surface area contributed by atoms with E-state index in [1.807, 2.05) is 13.8 Å². The van der Waals surface area contributed by atoms with Crippen LogP contribution in [0.15, 0.2) is 18.2 Å². The van der Waals surface area contributed by atoms with Crippen LogP contribution in [0.5, 0.6) is 0 Å². The number of carbonyl (C=O) groups excluding carboxylic acids is 1. The van der Waals surface area contributed by atoms with E-state index < -0.39 is 4.92 Å². The first-order chi connectivity index (χ1) is 9.40. The summed E-state index contributed by atoms with van der Waals surface area (Å²) in [6.07, 6.45) is -0.0352. The Kier molecular flexibility index (Phi) is 4.25. The molecule has 0 spiro atoms. The molecule has 1 aliphatic rings. The molecule has 2 unspecified atom stereocenters. The summed E-state index contributed by atoms with van der Waals surface area (Å²) in [6, 6.07) is 3.83. The molecule has 0 bridgehead atoms. The van der Waals surface area contributed by atoms with Crippen LogP contribution in [-0.4, -0.2) is 41.0 Å². The van der Waals surface area contributed by atoms with Gasteiger partial charge < -0.3 is 9.64 Å². The first kappa shape index (κ1) is 14.7. The summed E-state index contributed by atoms with van der Waals surface area (Å²) >= 11 is 5.99. The molecular weight excluding hydrogens is 284 g/mol. The first-order valence-corrected chi connectivity index (χ1v) is 6.64. The van der Waals surface area contributed by atoms with Gasteiger partial charge in [0.2, 0.25) is 0 Å². The Balaban J connectivity index is 2.26. The number of hydrogen-bond acceptors (Lipinski definition) is 4. The maximum Gasteiger partial charge on any atom is 0.270 e. The third-order valence-corrected chi connectivity index (χ3v) is 3.58. The van der Waals surface area contributed by atoms with Crippen LogP contribution in [0, 0.1) is 10.1 Å². The molecule has 0 N–H and O–H groups in total. The van der Waals surface area contributed by atoms with E-state index in [-0.39, 0.29) is 34.3 Å². The fourth-order valence-electron chi connectivity index (χ4n) is 2.13. The summed E-state index contributed by atoms with van der Waals surface area (Å²) < 4.78 is 5.47. The highest BCUT2D eigenvalue weighted by Crippen LogP contribution is 2.25. The van der Waals surface area contributed by atoms with Crippen molar-refractivity contribution in [2.24, 2.45) is 0 Å². The van der Waals surface area contributed by atoms with Crippen LogP contribution >= 0.6 is 11.6 Å². The van der Waals surface area contributed by atoms with Gasteiger partial charge in [0, 0.05) is 18.7 Å². The van der Waals surface area contributed by atoms with Crippen LogP contribution in [0.4, 0.5) is 5.69 Å². The van der Waals surface area contributed by atoms with E-state index in [1.165, 1.54) is 18.2 Å². The topological polar surface area (TPSA) is 72.7 Å². The SMILES string of the molecule is CC1CN(C(=O)c2ccc([N+](=O)[O-])cc2Cl)C(C)CO1. The normalized spacial score (nSPS) is 22.6. The fourth-order valence-corrected chi connectivity index (χ4v) is 2.39. The quantitative estimate of drug-likeness (QED) is 0.621. The Hall–Kier alpha value is -1.66. The van der Waals surface area contributed by atoms with Crippen LogP contribution in [-0.2, 0) is 4.74 Å². The molecule has 1 aromatic carbocycles. The average molecular weight is 299 g/mol. The third-order valence-electron chi connectivity index (χ3n) is 3.26. The molecule has 1 amide bonds. The van der Waals surface area contributed by atoms with Crippen LogP contribution in [0.25, 0.3) is 0 Å². The van der Waals surface area contributed by atoms with Crippen LogP contribution in [0.1, 0.15) is 24.2 Å². The number of halogens is 1. The van der Waals surface area contributed by atoms with Crippen LogP contribution in [0.2, 0.25) is 5.02 Å². The summed E-state index contributed by atoms with van der Waals surface area (Å²) in [5, 5.41) is 10.8. The van der Waals surface area contributed by atoms with E-state index in [0.717, 1.165) is 0 Å². The van der Waals surface area contributed by atoms with Gasteiger partial charge in [-0.05, 0) is 19.9 Å². The van der Waals surface area contributed by atoms with E-state index in [4.69, 9.17) is 16.3 Å². The maximum absolute atomic E-state index is 12.5. The molecule has 7 heteroatoms. The van der Waals surface area contributed by atoms with Crippen molar-refractivity contribution in [1.29, 1.82) is 0 Å². The summed E-state index contributed by atoms with van der Waals surface area (Å²) in [5.74, 6) is -0.229. The van der Waals surface area contributed by atoms with E-state index in [9.17, 15) is 14.9 Å². The molecule has 6 nitrogen and oxygen atoms in total. The van der Waals surface area contributed by atoms with Crippen molar-refractivity contribution in [2.45, 2.75) is 26.0 Å². The van der Waals surface area contributed by atoms with Crippen molar-refractivity contribution in [1.82, 2.24) is 4.90 Å². The predicted octanol–water partition coefficient (Wildman–Crippen LogP) is 2.50. The number of nitrogens with zero attached hydrogens (tertiary/aromatic N) is 2. The Morgan fingerprint density at radius 1 is 1.50 bits per heavy atom. The maximum atomic E-state index is 12.5. The number of non-ortho nitro benzene ring substituents is 1. The second kappa shape index (κ2) is 5.76. The van der Waals surface area contributed by atoms with Crippen LogP contribution in [0.3, 0.4) is 0 Å². The molecule has 20 heavy (non-hydrogen) atoms. The Labute approximate surface area is 121 Å². The summed E-state index contributed by atoms with van der Waals surface area (Å²) in [4.78, 5) is 24.3. The summed E-state index contributed by atoms with van der Waals surface area (Å²) in [6.45, 7) is 4.73. The molecule has 2 atom stereocenters. The number of carbonyl (C=O) groups is 1. The largest absolute Gasteiger partial charge is 0.375 e. The molecule has 108 valence electrons. The highest BCUT2D eigenvalue weighted by molar-refractivity contribution is 6.34. The number of rotatable bonds is 2. The molecule has 0 saturated carbocycles. The van der Waals surface area contributed by atoms with Crippen molar-refractivity contribution in [3.05, 3.63) is 38.9 Å². The number of amides is 1. The minimum Gasteiger partial charge on any atom is -0.375 e. The van der Waals surface area contributed by atoms with Gasteiger partial charge >= 0.3 is 0 Å². The molecule has 1 aliphatic heterocycles. The highest BCUT2D eigenvalue weighted by atomic mass is 35.5. The van der Waals surface area contributed by atoms with Gasteiger partial charge in [0.15, 0.2) is 0 Å². The van der Waals surface area contributed by atoms with Crippen molar-refractivity contribution < 1.29 is 14.5 Å². The van der Waals surface area contributed by atoms with E-state index in [2.05, 4.69) is 0 Å². The summed E-state index contributed by atoms with van der Waals surface area (Å²) in [7, 11) is 0. The van der Waals surface area contributed by atoms with Crippen molar-refractivity contribution >= 4 is 23.2 Å². The lowest BCUT2D eigenvalue weighted by Crippen LogP contribution is -2.50. The highest BCUT2D eigenvalue weighted by Gasteiger charge is 2.29. The van der Waals surface area contributed by atoms with Crippen molar-refractivity contribution in [3.63, 3.8) is 0 Å². The van der Waals surface area contributed by atoms with E-state index >= 15 is 0 Å². The van der Waals surface area contributed by atoms with Crippen molar-refractivity contribution in [2.75, 3.05) is 13.2 Å². The molecule has 1 fully saturated rings. The lowest BCUT2D eigenvalue weighted by molar-refractivity contribution is -0.384. The molecule has 1 saturated heterocycles. The monoisotopic (exact) mass is 298 g/mol. The minimum absolute atomic E-state index is 0.0352. The minimum atomic E-state index is -0.542. The van der Waals surface area contributed by atoms with Gasteiger partial charge in [-0.3, -0.25) is 14.9 Å². The molecule has 2 rings (SSSR count). The lowest BCUT2D eigenvalue weighted by Gasteiger charge is -2.37. The Morgan fingerprint density at radius 2 is 2.20 bits per heavy atom. The zero-order valence-electron chi connectivity index (χ0n) is 11.2. The first-order valence-electron chi connectivity index (χ1n) is 6.26. The summed E-state index contributed by atoms with van der Waals surface area (Å²) in [5.41, 5.74) is 0.146. The molecule has 1 heterocycles. The number of benzene rings is 1. The predicted molar refractivity (Wildman–Crippen MR) is 74.0 cm³/mol. The third kappa shape index (κ3) is 2.91. The fraction of sp³-hybridized carbons (Fsp3) is 0.462. The second-order valence-corrected chi connectivity index (χ2v) is 5.28. The van der Waals surface area contributed by atoms with Gasteiger partial charge in [0.25, 0.3) is 11.6 Å². The zero-order chi connectivity index (χ0) is 14.9. The van der Waals surface area contributed by atoms with Gasteiger partial charge in [0.1, 0.15) is 0 Å². The zero-order valence-corrected chi connectivity index (χ0v) is 12.0. The standard InChI is InChI=1S/C13H15ClN2O4/c1-8-7-20-9(2)6-15(8)13(17)11-4-3-10(16(18)19)5-12(11)14/h3-5,8-9H,6-7H2,1-2H3. The van der Waals surface area contributed by atoms with Gasteiger partial charge in [-0.25, -0.2) is 0 Å². The smallest absolute Gasteiger partial charge is 0.270 e. The second-order valence-electron chi connectivity index (χ2n) is 4.87. The Bertz CT molecular complexity index is 549. The van der Waals surface area contributed by atoms with Gasteiger partial charge in [-0.2, -0.15) is 0 Å². The number of morpholine rings is 1. The Morgan fingerprint density at radius 3 is 2.80 bits per heavy atom. The van der Waals surface area contributed by atoms with E-state index in [1.54, 1.807) is 4.90 Å². The van der Waals surface area contributed by atoms with Gasteiger partial charge in [-0.1, -0.05) is 11.6 Å². The molecule has 1 aromatic rings.